The molecular formula is C38H27Cl2N7O4. The van der Waals surface area contributed by atoms with Crippen LogP contribution < -0.4 is 0 Å². The third kappa shape index (κ3) is 10.0. The van der Waals surface area contributed by atoms with Crippen molar-refractivity contribution in [3.8, 4) is 18.2 Å². The van der Waals surface area contributed by atoms with Crippen LogP contribution in [0.15, 0.2) is 85.5 Å². The summed E-state index contributed by atoms with van der Waals surface area (Å²) in [5.41, 5.74) is 6.36. The molecule has 0 N–H and O–H groups in total. The van der Waals surface area contributed by atoms with E-state index >= 15 is 0 Å². The standard InChI is InChI=1S/C18H12ClN3O2.C12H6ClN3.C8H9NO2/c1-24-18(23)12-2-3-21-16(8-12)6-11-4-13-7-15(19)10-22-17(13)14(5-11)9-20;13-11-5-9-3-8(1-2-14)4-10(6-15)12(9)16-7-11;1-6-5-7(3-4-9-6)8(10)11-2/h2-5,7-8,10H,6H2,1H3;3-5,7H,1H2;3-5H,1-2H3. The molecule has 0 unspecified atom stereocenters. The fourth-order valence-electron chi connectivity index (χ4n) is 4.86. The van der Waals surface area contributed by atoms with Crippen molar-refractivity contribution >= 4 is 56.9 Å². The minimum atomic E-state index is -0.411. The summed E-state index contributed by atoms with van der Waals surface area (Å²) in [4.78, 5) is 39.1. The van der Waals surface area contributed by atoms with Crippen LogP contribution in [0, 0.1) is 40.9 Å². The van der Waals surface area contributed by atoms with Crippen molar-refractivity contribution in [2.75, 3.05) is 14.2 Å². The van der Waals surface area contributed by atoms with Crippen molar-refractivity contribution in [2.45, 2.75) is 19.8 Å². The van der Waals surface area contributed by atoms with E-state index in [0.29, 0.717) is 55.4 Å². The van der Waals surface area contributed by atoms with Gasteiger partial charge in [0.25, 0.3) is 0 Å². The monoisotopic (exact) mass is 715 g/mol. The van der Waals surface area contributed by atoms with Crippen LogP contribution in [0.4, 0.5) is 0 Å². The molecule has 6 aromatic rings. The van der Waals surface area contributed by atoms with Crippen LogP contribution in [0.2, 0.25) is 10.0 Å². The van der Waals surface area contributed by atoms with Gasteiger partial charge in [0.15, 0.2) is 0 Å². The molecule has 13 heteroatoms. The quantitative estimate of drug-likeness (QED) is 0.161. The summed E-state index contributed by atoms with van der Waals surface area (Å²) in [6.07, 6.45) is 6.92. The molecule has 0 atom stereocenters. The highest BCUT2D eigenvalue weighted by Crippen LogP contribution is 2.24. The number of halogens is 2. The molecule has 2 aromatic carbocycles. The number of pyridine rings is 4. The zero-order chi connectivity index (χ0) is 36.9. The summed E-state index contributed by atoms with van der Waals surface area (Å²) in [6, 6.07) is 23.6. The molecular weight excluding hydrogens is 689 g/mol. The van der Waals surface area contributed by atoms with E-state index in [1.807, 2.05) is 19.1 Å². The highest BCUT2D eigenvalue weighted by Gasteiger charge is 2.11. The van der Waals surface area contributed by atoms with E-state index in [2.05, 4.69) is 42.9 Å². The van der Waals surface area contributed by atoms with Crippen molar-refractivity contribution in [2.24, 2.45) is 0 Å². The number of ether oxygens (including phenoxy) is 2. The molecule has 0 amide bonds. The van der Waals surface area contributed by atoms with Crippen molar-refractivity contribution < 1.29 is 19.1 Å². The molecule has 0 saturated carbocycles. The van der Waals surface area contributed by atoms with Gasteiger partial charge in [-0.3, -0.25) is 19.9 Å². The van der Waals surface area contributed by atoms with E-state index in [4.69, 9.17) is 38.5 Å². The van der Waals surface area contributed by atoms with E-state index in [1.165, 1.54) is 26.6 Å². The molecule has 4 heterocycles. The lowest BCUT2D eigenvalue weighted by Crippen LogP contribution is -2.03. The Hall–Kier alpha value is -6.45. The Morgan fingerprint density at radius 2 is 1.20 bits per heavy atom. The minimum absolute atomic E-state index is 0.275. The van der Waals surface area contributed by atoms with Gasteiger partial charge in [0.2, 0.25) is 0 Å². The van der Waals surface area contributed by atoms with E-state index in [-0.39, 0.29) is 12.4 Å². The van der Waals surface area contributed by atoms with E-state index in [0.717, 1.165) is 27.6 Å². The molecule has 0 saturated heterocycles. The highest BCUT2D eigenvalue weighted by molar-refractivity contribution is 6.31. The fourth-order valence-corrected chi connectivity index (χ4v) is 5.19. The van der Waals surface area contributed by atoms with Gasteiger partial charge in [-0.15, -0.1) is 0 Å². The SMILES string of the molecule is COC(=O)c1ccnc(C)c1.COC(=O)c1ccnc(Cc2cc(C#N)c3ncc(Cl)cc3c2)c1.N#CCc1cc(C#N)c2ncc(Cl)cc2c1. The maximum Gasteiger partial charge on any atom is 0.337 e. The topological polar surface area (TPSA) is 176 Å². The first-order chi connectivity index (χ1) is 24.6. The predicted molar refractivity (Wildman–Crippen MR) is 191 cm³/mol. The summed E-state index contributed by atoms with van der Waals surface area (Å²) in [6.45, 7) is 1.83. The Balaban J connectivity index is 0.000000186. The van der Waals surface area contributed by atoms with Gasteiger partial charge in [-0.1, -0.05) is 23.2 Å². The van der Waals surface area contributed by atoms with Crippen LogP contribution in [-0.2, 0) is 22.3 Å². The second-order valence-corrected chi connectivity index (χ2v) is 11.6. The number of rotatable bonds is 5. The highest BCUT2D eigenvalue weighted by atomic mass is 35.5. The van der Waals surface area contributed by atoms with Crippen molar-refractivity contribution in [3.63, 3.8) is 0 Å². The predicted octanol–water partition coefficient (Wildman–Crippen LogP) is 7.53. The van der Waals surface area contributed by atoms with Gasteiger partial charge in [0.1, 0.15) is 12.1 Å². The van der Waals surface area contributed by atoms with Gasteiger partial charge in [0, 0.05) is 53.4 Å². The smallest absolute Gasteiger partial charge is 0.337 e. The number of nitrogens with zero attached hydrogens (tertiary/aromatic N) is 7. The number of hydrogen-bond acceptors (Lipinski definition) is 11. The molecule has 0 spiro atoms. The van der Waals surface area contributed by atoms with Gasteiger partial charge in [-0.05, 0) is 78.7 Å². The van der Waals surface area contributed by atoms with Crippen LogP contribution in [0.3, 0.4) is 0 Å². The van der Waals surface area contributed by atoms with Crippen molar-refractivity contribution in [3.05, 3.63) is 140 Å². The molecule has 0 fully saturated rings. The van der Waals surface area contributed by atoms with Crippen LogP contribution >= 0.6 is 23.2 Å². The summed E-state index contributed by atoms with van der Waals surface area (Å²) < 4.78 is 9.24. The average Bonchev–Trinajstić information content (AvgIpc) is 3.13. The second kappa shape index (κ2) is 17.8. The average molecular weight is 717 g/mol. The number of nitriles is 3. The summed E-state index contributed by atoms with van der Waals surface area (Å²) in [7, 11) is 2.69. The molecule has 0 bridgehead atoms. The third-order valence-corrected chi connectivity index (χ3v) is 7.50. The minimum Gasteiger partial charge on any atom is -0.465 e. The maximum atomic E-state index is 11.6. The summed E-state index contributed by atoms with van der Waals surface area (Å²) in [5, 5.41) is 29.6. The number of fused-ring (bicyclic) bond motifs is 2. The lowest BCUT2D eigenvalue weighted by atomic mass is 10.0. The van der Waals surface area contributed by atoms with E-state index in [1.54, 1.807) is 60.9 Å². The zero-order valence-corrected chi connectivity index (χ0v) is 29.0. The summed E-state index contributed by atoms with van der Waals surface area (Å²) >= 11 is 11.8. The van der Waals surface area contributed by atoms with Crippen molar-refractivity contribution in [1.29, 1.82) is 15.8 Å². The number of carbonyl (C=O) groups is 2. The lowest BCUT2D eigenvalue weighted by molar-refractivity contribution is 0.0591. The molecule has 51 heavy (non-hydrogen) atoms. The third-order valence-electron chi connectivity index (χ3n) is 7.08. The lowest BCUT2D eigenvalue weighted by Gasteiger charge is -2.07. The molecule has 0 aliphatic carbocycles. The van der Waals surface area contributed by atoms with Crippen LogP contribution in [0.25, 0.3) is 21.8 Å². The number of carbonyl (C=O) groups excluding carboxylic acids is 2. The van der Waals surface area contributed by atoms with Gasteiger partial charge in [-0.2, -0.15) is 15.8 Å². The Labute approximate surface area is 303 Å². The number of aryl methyl sites for hydroxylation is 1. The Kier molecular flexibility index (Phi) is 13.0. The van der Waals surface area contributed by atoms with E-state index in [9.17, 15) is 14.9 Å². The number of aromatic nitrogens is 4. The first kappa shape index (κ1) is 37.4. The Morgan fingerprint density at radius 1 is 0.686 bits per heavy atom. The Morgan fingerprint density at radius 3 is 1.71 bits per heavy atom. The second-order valence-electron chi connectivity index (χ2n) is 10.7. The molecule has 0 aliphatic rings. The van der Waals surface area contributed by atoms with Gasteiger partial charge >= 0.3 is 11.9 Å². The van der Waals surface area contributed by atoms with Crippen LogP contribution in [-0.4, -0.2) is 46.1 Å². The number of methoxy groups -OCH3 is 2. The number of hydrogen-bond donors (Lipinski definition) is 0. The molecule has 0 radical (unpaired) electrons. The maximum absolute atomic E-state index is 11.6. The molecule has 252 valence electrons. The number of benzene rings is 2. The normalized spacial score (nSPS) is 9.92. The van der Waals surface area contributed by atoms with Gasteiger partial charge in [0.05, 0.1) is 70.0 Å². The fraction of sp³-hybridized carbons (Fsp3) is 0.132. The first-order valence-electron chi connectivity index (χ1n) is 15.0. The molecule has 6 rings (SSSR count). The molecule has 11 nitrogen and oxygen atoms in total. The largest absolute Gasteiger partial charge is 0.465 e. The Bertz CT molecular complexity index is 2380. The van der Waals surface area contributed by atoms with Crippen LogP contribution in [0.1, 0.15) is 54.4 Å². The summed E-state index contributed by atoms with van der Waals surface area (Å²) in [5.74, 6) is -0.735. The van der Waals surface area contributed by atoms with Crippen LogP contribution in [0.5, 0.6) is 0 Å². The number of esters is 2. The first-order valence-corrected chi connectivity index (χ1v) is 15.7. The van der Waals surface area contributed by atoms with Crippen molar-refractivity contribution in [1.82, 2.24) is 19.9 Å². The zero-order valence-electron chi connectivity index (χ0n) is 27.5. The van der Waals surface area contributed by atoms with Gasteiger partial charge < -0.3 is 9.47 Å². The molecule has 0 aliphatic heterocycles. The van der Waals surface area contributed by atoms with Gasteiger partial charge in [-0.25, -0.2) is 9.59 Å². The molecule has 4 aromatic heterocycles. The van der Waals surface area contributed by atoms with E-state index < -0.39 is 5.97 Å².